The third-order valence-electron chi connectivity index (χ3n) is 8.22. The van der Waals surface area contributed by atoms with Gasteiger partial charge in [0.25, 0.3) is 0 Å². The van der Waals surface area contributed by atoms with E-state index < -0.39 is 32.5 Å². The third-order valence-corrected chi connectivity index (χ3v) is 9.20. The van der Waals surface area contributed by atoms with Crippen molar-refractivity contribution in [1.29, 1.82) is 0 Å². The zero-order valence-electron chi connectivity index (χ0n) is 34.7. The Balaban J connectivity index is 4.51. The molecule has 310 valence electrons. The first-order chi connectivity index (χ1) is 26.0. The lowest BCUT2D eigenvalue weighted by molar-refractivity contribution is -0.870. The number of carbonyl (C=O) groups is 2. The highest BCUT2D eigenvalue weighted by atomic mass is 31.2. The molecule has 0 aromatic rings. The van der Waals surface area contributed by atoms with E-state index in [2.05, 4.69) is 86.8 Å². The molecule has 0 saturated heterocycles. The predicted octanol–water partition coefficient (Wildman–Crippen LogP) is 11.5. The Bertz CT molecular complexity index is 1150. The van der Waals surface area contributed by atoms with Gasteiger partial charge < -0.3 is 18.9 Å². The molecule has 10 heteroatoms. The van der Waals surface area contributed by atoms with Gasteiger partial charge in [-0.15, -0.1) is 0 Å². The fourth-order valence-corrected chi connectivity index (χ4v) is 5.72. The van der Waals surface area contributed by atoms with Crippen LogP contribution in [0.3, 0.4) is 0 Å². The molecule has 0 spiro atoms. The van der Waals surface area contributed by atoms with E-state index in [9.17, 15) is 19.0 Å². The van der Waals surface area contributed by atoms with Crippen molar-refractivity contribution >= 4 is 19.8 Å². The number of hydrogen-bond donors (Lipinski definition) is 1. The van der Waals surface area contributed by atoms with Crippen molar-refractivity contribution < 1.29 is 42.1 Å². The fourth-order valence-electron chi connectivity index (χ4n) is 4.97. The molecule has 0 radical (unpaired) electrons. The first-order valence-electron chi connectivity index (χ1n) is 20.7. The number of phosphoric ester groups is 1. The van der Waals surface area contributed by atoms with E-state index >= 15 is 0 Å². The first-order valence-corrected chi connectivity index (χ1v) is 22.2. The second-order valence-corrected chi connectivity index (χ2v) is 16.1. The van der Waals surface area contributed by atoms with Crippen molar-refractivity contribution in [1.82, 2.24) is 0 Å². The number of allylic oxidation sites excluding steroid dienone is 12. The lowest BCUT2D eigenvalue weighted by Crippen LogP contribution is -2.37. The SMILES string of the molecule is CC/C=C\C/C=C\C/C=C\C/C=C\CCCCC(=O)O[C@H](COC(=O)CCCCCCC/C=C\C/C=C\CCCCC)COP(=O)(O)OCC[N+](C)(C)C. The van der Waals surface area contributed by atoms with Crippen LogP contribution < -0.4 is 0 Å². The minimum Gasteiger partial charge on any atom is -0.462 e. The van der Waals surface area contributed by atoms with Gasteiger partial charge in [0.2, 0.25) is 0 Å². The molecule has 0 aliphatic rings. The van der Waals surface area contributed by atoms with Crippen molar-refractivity contribution in [3.8, 4) is 0 Å². The van der Waals surface area contributed by atoms with Crippen LogP contribution in [0.4, 0.5) is 0 Å². The summed E-state index contributed by atoms with van der Waals surface area (Å²) in [6.07, 6.45) is 43.8. The Kier molecular flexibility index (Phi) is 34.4. The van der Waals surface area contributed by atoms with Crippen LogP contribution in [0.25, 0.3) is 0 Å². The van der Waals surface area contributed by atoms with E-state index in [-0.39, 0.29) is 26.1 Å². The normalized spacial score (nSPS) is 14.4. The van der Waals surface area contributed by atoms with Crippen molar-refractivity contribution in [3.05, 3.63) is 72.9 Å². The van der Waals surface area contributed by atoms with Crippen molar-refractivity contribution in [2.45, 2.75) is 148 Å². The molecule has 0 aliphatic carbocycles. The number of esters is 2. The van der Waals surface area contributed by atoms with Crippen LogP contribution in [0.1, 0.15) is 142 Å². The molecule has 54 heavy (non-hydrogen) atoms. The van der Waals surface area contributed by atoms with E-state index in [0.29, 0.717) is 23.9 Å². The smallest absolute Gasteiger partial charge is 0.462 e. The van der Waals surface area contributed by atoms with E-state index in [1.54, 1.807) is 0 Å². The van der Waals surface area contributed by atoms with Gasteiger partial charge in [0.05, 0.1) is 27.7 Å². The van der Waals surface area contributed by atoms with Crippen molar-refractivity contribution in [2.24, 2.45) is 0 Å². The number of likely N-dealkylation sites (N-methyl/N-ethyl adjacent to an activating group) is 1. The number of rotatable bonds is 36. The predicted molar refractivity (Wildman–Crippen MR) is 224 cm³/mol. The van der Waals surface area contributed by atoms with Gasteiger partial charge in [-0.1, -0.05) is 119 Å². The number of quaternary nitrogens is 1. The van der Waals surface area contributed by atoms with Gasteiger partial charge in [-0.05, 0) is 83.5 Å². The van der Waals surface area contributed by atoms with E-state index in [1.165, 1.54) is 25.7 Å². The molecule has 0 bridgehead atoms. The topological polar surface area (TPSA) is 108 Å². The summed E-state index contributed by atoms with van der Waals surface area (Å²) in [6, 6.07) is 0. The lowest BCUT2D eigenvalue weighted by atomic mass is 10.1. The van der Waals surface area contributed by atoms with Gasteiger partial charge in [0.1, 0.15) is 19.8 Å². The monoisotopic (exact) mass is 779 g/mol. The maximum atomic E-state index is 12.6. The summed E-state index contributed by atoms with van der Waals surface area (Å²) < 4.78 is 34.2. The Labute approximate surface area is 329 Å². The summed E-state index contributed by atoms with van der Waals surface area (Å²) >= 11 is 0. The third kappa shape index (κ3) is 39.2. The Hall–Kier alpha value is -2.55. The highest BCUT2D eigenvalue weighted by molar-refractivity contribution is 7.47. The summed E-state index contributed by atoms with van der Waals surface area (Å²) in [5.74, 6) is -0.872. The Morgan fingerprint density at radius 1 is 0.593 bits per heavy atom. The number of phosphoric acid groups is 1. The molecule has 1 unspecified atom stereocenters. The Morgan fingerprint density at radius 3 is 1.61 bits per heavy atom. The largest absolute Gasteiger partial charge is 0.472 e. The molecular weight excluding hydrogens is 701 g/mol. The quantitative estimate of drug-likeness (QED) is 0.0220. The number of ether oxygens (including phenoxy) is 2. The van der Waals surface area contributed by atoms with Crippen LogP contribution >= 0.6 is 7.82 Å². The minimum atomic E-state index is -4.39. The van der Waals surface area contributed by atoms with Crippen LogP contribution in [-0.2, 0) is 32.7 Å². The van der Waals surface area contributed by atoms with Crippen molar-refractivity contribution in [2.75, 3.05) is 47.5 Å². The fraction of sp³-hybridized carbons (Fsp3) is 0.682. The standard InChI is InChI=1S/C44H76NO8P/c1-6-8-10-12-14-16-18-20-22-24-26-28-30-32-34-36-43(46)50-40-42(41-52-54(48,49)51-39-38-45(3,4)5)53-44(47)37-35-33-31-29-27-25-23-21-19-17-15-13-11-9-7-2/h9,11,14-17,20-23,27,29,42H,6-8,10,12-13,18-19,24-26,28,30-41H2,1-5H3/p+1/b11-9-,16-14-,17-15-,22-20-,23-21-,29-27-/t42-/m1/s1. The van der Waals surface area contributed by atoms with E-state index in [0.717, 1.165) is 77.0 Å². The molecule has 0 rings (SSSR count). The maximum absolute atomic E-state index is 12.6. The van der Waals surface area contributed by atoms with Gasteiger partial charge >= 0.3 is 19.8 Å². The number of carbonyl (C=O) groups excluding carboxylic acids is 2. The van der Waals surface area contributed by atoms with E-state index in [1.807, 2.05) is 21.1 Å². The van der Waals surface area contributed by atoms with Crippen LogP contribution in [0.2, 0.25) is 0 Å². The zero-order chi connectivity index (χ0) is 40.0. The average Bonchev–Trinajstić information content (AvgIpc) is 3.12. The summed E-state index contributed by atoms with van der Waals surface area (Å²) in [6.45, 7) is 4.19. The molecule has 0 fully saturated rings. The van der Waals surface area contributed by atoms with Gasteiger partial charge in [0, 0.05) is 12.8 Å². The van der Waals surface area contributed by atoms with E-state index in [4.69, 9.17) is 18.5 Å². The molecule has 0 amide bonds. The highest BCUT2D eigenvalue weighted by Gasteiger charge is 2.27. The van der Waals surface area contributed by atoms with Crippen LogP contribution in [0, 0.1) is 0 Å². The molecule has 0 aromatic heterocycles. The van der Waals surface area contributed by atoms with Crippen LogP contribution in [0.5, 0.6) is 0 Å². The number of nitrogens with zero attached hydrogens (tertiary/aromatic N) is 1. The van der Waals surface area contributed by atoms with Crippen molar-refractivity contribution in [3.63, 3.8) is 0 Å². The lowest BCUT2D eigenvalue weighted by Gasteiger charge is -2.24. The molecule has 2 atom stereocenters. The molecule has 9 nitrogen and oxygen atoms in total. The molecule has 0 aromatic carbocycles. The number of unbranched alkanes of at least 4 members (excludes halogenated alkanes) is 10. The summed E-state index contributed by atoms with van der Waals surface area (Å²) in [4.78, 5) is 35.3. The Morgan fingerprint density at radius 2 is 1.06 bits per heavy atom. The average molecular weight is 779 g/mol. The second kappa shape index (κ2) is 36.1. The molecule has 0 aliphatic heterocycles. The second-order valence-electron chi connectivity index (χ2n) is 14.6. The summed E-state index contributed by atoms with van der Waals surface area (Å²) in [5.41, 5.74) is 0. The summed E-state index contributed by atoms with van der Waals surface area (Å²) in [5, 5.41) is 0. The van der Waals surface area contributed by atoms with Gasteiger partial charge in [-0.3, -0.25) is 18.6 Å². The first kappa shape index (κ1) is 51.5. The molecular formula is C44H77NO8P+. The molecule has 0 heterocycles. The number of hydrogen-bond acceptors (Lipinski definition) is 7. The minimum absolute atomic E-state index is 0.0174. The molecule has 0 saturated carbocycles. The van der Waals surface area contributed by atoms with Crippen LogP contribution in [-0.4, -0.2) is 74.9 Å². The van der Waals surface area contributed by atoms with Gasteiger partial charge in [-0.2, -0.15) is 0 Å². The van der Waals surface area contributed by atoms with Crippen LogP contribution in [0.15, 0.2) is 72.9 Å². The zero-order valence-corrected chi connectivity index (χ0v) is 35.6. The van der Waals surface area contributed by atoms with Gasteiger partial charge in [-0.25, -0.2) is 4.57 Å². The molecule has 1 N–H and O–H groups in total. The highest BCUT2D eigenvalue weighted by Crippen LogP contribution is 2.43. The maximum Gasteiger partial charge on any atom is 0.472 e. The van der Waals surface area contributed by atoms with Gasteiger partial charge in [0.15, 0.2) is 6.10 Å². The summed E-state index contributed by atoms with van der Waals surface area (Å²) in [7, 11) is 1.43.